The number of quaternary nitrogens is 1. The fraction of sp³-hybridized carbons (Fsp3) is 0.500. The molecule has 2 heteroatoms. The van der Waals surface area contributed by atoms with E-state index in [1.165, 1.54) is 0 Å². The first-order valence-electron chi connectivity index (χ1n) is 1.82. The van der Waals surface area contributed by atoms with Gasteiger partial charge in [-0.3, -0.25) is 0 Å². The van der Waals surface area contributed by atoms with Gasteiger partial charge >= 0.3 is 31.1 Å². The summed E-state index contributed by atoms with van der Waals surface area (Å²) < 4.78 is 0. The molecule has 34 valence electrons. The van der Waals surface area contributed by atoms with Crippen LogP contribution in [0.1, 0.15) is 12.8 Å². The number of rotatable bonds is 2. The van der Waals surface area contributed by atoms with Crippen molar-refractivity contribution in [2.75, 3.05) is 0 Å². The Morgan fingerprint density at radius 1 is 1.67 bits per heavy atom. The smallest absolute Gasteiger partial charge is 0.488 e. The molecule has 0 saturated heterocycles. The summed E-state index contributed by atoms with van der Waals surface area (Å²) in [5, 5.41) is 0. The van der Waals surface area contributed by atoms with Gasteiger partial charge < -0.3 is 12.7 Å². The van der Waals surface area contributed by atoms with Crippen molar-refractivity contribution in [3.8, 4) is 0 Å². The van der Waals surface area contributed by atoms with E-state index >= 15 is 0 Å². The van der Waals surface area contributed by atoms with E-state index in [0.717, 1.165) is 12.8 Å². The third-order valence-electron chi connectivity index (χ3n) is 0.408. The van der Waals surface area contributed by atoms with E-state index in [0.29, 0.717) is 0 Å². The van der Waals surface area contributed by atoms with Crippen LogP contribution in [0, 0.1) is 44.6 Å². The van der Waals surface area contributed by atoms with E-state index in [-0.39, 0.29) is 31.1 Å². The van der Waals surface area contributed by atoms with Crippen LogP contribution in [-0.4, -0.2) is 0 Å². The maximum Gasteiger partial charge on any atom is 2.00 e. The van der Waals surface area contributed by atoms with Gasteiger partial charge in [0.2, 0.25) is 0 Å². The van der Waals surface area contributed by atoms with Crippen LogP contribution >= 0.6 is 0 Å². The van der Waals surface area contributed by atoms with Gasteiger partial charge in [0.05, 0.1) is 0 Å². The first kappa shape index (κ1) is 10.1. The maximum atomic E-state index is 3.60. The Balaban J connectivity index is 0. The molecule has 0 radical (unpaired) electrons. The van der Waals surface area contributed by atoms with Gasteiger partial charge in [0.15, 0.2) is 0 Å². The summed E-state index contributed by atoms with van der Waals surface area (Å²) in [4.78, 5) is 0. The Hall–Kier alpha value is 1.01. The van der Waals surface area contributed by atoms with Crippen molar-refractivity contribution >= 4 is 0 Å². The summed E-state index contributed by atoms with van der Waals surface area (Å²) in [5.74, 6) is 0. The molecule has 3 N–H and O–H groups in total. The van der Waals surface area contributed by atoms with Crippen molar-refractivity contribution in [2.24, 2.45) is 0 Å². The average molecular weight is 310 g/mol. The van der Waals surface area contributed by atoms with E-state index in [4.69, 9.17) is 0 Å². The van der Waals surface area contributed by atoms with E-state index in [2.05, 4.69) is 12.7 Å². The van der Waals surface area contributed by atoms with Gasteiger partial charge in [-0.25, -0.2) is 6.42 Å². The summed E-state index contributed by atoms with van der Waals surface area (Å²) in [6.45, 7) is 5.47. The van der Waals surface area contributed by atoms with Crippen molar-refractivity contribution in [1.82, 2.24) is 0 Å². The third kappa shape index (κ3) is 8.89. The van der Waals surface area contributed by atoms with Gasteiger partial charge in [0.25, 0.3) is 0 Å². The van der Waals surface area contributed by atoms with Crippen LogP contribution in [0.4, 0.5) is 0 Å². The maximum absolute atomic E-state index is 3.60. The molecule has 0 heterocycles. The van der Waals surface area contributed by atoms with E-state index in [1.807, 2.05) is 6.54 Å². The molecule has 0 atom stereocenters. The molecule has 0 aromatic heterocycles. The summed E-state index contributed by atoms with van der Waals surface area (Å²) in [6.07, 6.45) is 2.02. The second kappa shape index (κ2) is 9.38. The van der Waals surface area contributed by atoms with Crippen LogP contribution in [0.5, 0.6) is 0 Å². The standard InChI is InChI=1S/C4H10N.U/c1-2-3-4-5;/h4H,1-3H2,5H3;/q-1;+2. The quantitative estimate of drug-likeness (QED) is 0.696. The van der Waals surface area contributed by atoms with Crippen LogP contribution in [-0.2, 0) is 0 Å². The molecule has 1 nitrogen and oxygen atoms in total. The molecule has 0 bridgehead atoms. The summed E-state index contributed by atoms with van der Waals surface area (Å²) >= 11 is 0. The molecule has 0 saturated carbocycles. The Morgan fingerprint density at radius 2 is 2.17 bits per heavy atom. The summed E-state index contributed by atoms with van der Waals surface area (Å²) in [5.41, 5.74) is 3.51. The molecule has 0 amide bonds. The second-order valence-corrected chi connectivity index (χ2v) is 0.931. The van der Waals surface area contributed by atoms with Gasteiger partial charge in [0.1, 0.15) is 0 Å². The Kier molecular flexibility index (Phi) is 15.8. The van der Waals surface area contributed by atoms with Crippen molar-refractivity contribution in [1.29, 1.82) is 0 Å². The van der Waals surface area contributed by atoms with Gasteiger partial charge in [0, 0.05) is 0 Å². The van der Waals surface area contributed by atoms with E-state index < -0.39 is 0 Å². The van der Waals surface area contributed by atoms with Crippen LogP contribution < -0.4 is 5.73 Å². The Morgan fingerprint density at radius 3 is 2.17 bits per heavy atom. The molecule has 0 spiro atoms. The van der Waals surface area contributed by atoms with E-state index in [1.54, 1.807) is 0 Å². The Bertz CT molecular complexity index is 15.0. The fourth-order valence-corrected chi connectivity index (χ4v) is 0.144. The van der Waals surface area contributed by atoms with Gasteiger partial charge in [-0.2, -0.15) is 6.42 Å². The predicted octanol–water partition coefficient (Wildman–Crippen LogP) is 0.00438. The molecule has 0 aliphatic rings. The molecule has 0 fully saturated rings. The average Bonchev–Trinajstić information content (AvgIpc) is 1.41. The van der Waals surface area contributed by atoms with Gasteiger partial charge in [-0.15, -0.1) is 6.54 Å². The van der Waals surface area contributed by atoms with Crippen molar-refractivity contribution in [3.05, 3.63) is 13.5 Å². The molecule has 0 aromatic rings. The Labute approximate surface area is 63.1 Å². The predicted molar refractivity (Wildman–Crippen MR) is 21.8 cm³/mol. The number of unbranched alkanes of at least 4 members (excludes halogenated alkanes) is 1. The van der Waals surface area contributed by atoms with Crippen molar-refractivity contribution < 1.29 is 36.8 Å². The summed E-state index contributed by atoms with van der Waals surface area (Å²) in [6, 6.07) is 0. The molecular formula is C4H10NU+. The monoisotopic (exact) mass is 310 g/mol. The zero-order valence-corrected chi connectivity index (χ0v) is 8.07. The molecular weight excluding hydrogens is 300 g/mol. The van der Waals surface area contributed by atoms with Gasteiger partial charge in [-0.05, 0) is 0 Å². The molecule has 0 unspecified atom stereocenters. The molecule has 0 rings (SSSR count). The minimum atomic E-state index is 0. The largest absolute Gasteiger partial charge is 2.00 e. The number of hydrogen-bond acceptors (Lipinski definition) is 0. The van der Waals surface area contributed by atoms with Crippen LogP contribution in [0.2, 0.25) is 0 Å². The SMILES string of the molecule is [CH2-]CC[CH-][NH3+].[U+2]. The first-order chi connectivity index (χ1) is 2.41. The minimum Gasteiger partial charge on any atom is -0.488 e. The minimum absolute atomic E-state index is 0. The first-order valence-corrected chi connectivity index (χ1v) is 1.82. The molecule has 0 aromatic carbocycles. The normalized spacial score (nSPS) is 7.00. The van der Waals surface area contributed by atoms with E-state index in [9.17, 15) is 0 Å². The van der Waals surface area contributed by atoms with Crippen molar-refractivity contribution in [3.63, 3.8) is 0 Å². The molecule has 0 aliphatic carbocycles. The second-order valence-electron chi connectivity index (χ2n) is 0.931. The topological polar surface area (TPSA) is 27.6 Å². The molecule has 6 heavy (non-hydrogen) atoms. The fourth-order valence-electron chi connectivity index (χ4n) is 0.144. The molecule has 0 aliphatic heterocycles. The number of hydrogen-bond donors (Lipinski definition) is 1. The zero-order chi connectivity index (χ0) is 4.12. The van der Waals surface area contributed by atoms with Crippen LogP contribution in [0.25, 0.3) is 0 Å². The third-order valence-corrected chi connectivity index (χ3v) is 0.408. The van der Waals surface area contributed by atoms with Crippen LogP contribution in [0.3, 0.4) is 0 Å². The zero-order valence-electron chi connectivity index (χ0n) is 3.91. The summed E-state index contributed by atoms with van der Waals surface area (Å²) in [7, 11) is 0. The van der Waals surface area contributed by atoms with Gasteiger partial charge in [-0.1, -0.05) is 0 Å². The van der Waals surface area contributed by atoms with Crippen LogP contribution in [0.15, 0.2) is 0 Å². The van der Waals surface area contributed by atoms with Crippen molar-refractivity contribution in [2.45, 2.75) is 12.8 Å².